The summed E-state index contributed by atoms with van der Waals surface area (Å²) in [6, 6.07) is 0. The Morgan fingerprint density at radius 1 is 1.29 bits per heavy atom. The van der Waals surface area contributed by atoms with Crippen molar-refractivity contribution in [1.82, 2.24) is 0 Å². The summed E-state index contributed by atoms with van der Waals surface area (Å²) in [5.74, 6) is 0. The van der Waals surface area contributed by atoms with Crippen LogP contribution in [0, 0.1) is 10.5 Å². The van der Waals surface area contributed by atoms with Crippen molar-refractivity contribution in [3.63, 3.8) is 0 Å². The zero-order valence-corrected chi connectivity index (χ0v) is 3.89. The molecule has 0 bridgehead atoms. The Labute approximate surface area is 42.5 Å². The highest BCUT2D eigenvalue weighted by Gasteiger charge is 1.54. The van der Waals surface area contributed by atoms with E-state index in [-0.39, 0.29) is 6.13 Å². The Morgan fingerprint density at radius 3 is 1.43 bits per heavy atom. The smallest absolute Gasteiger partial charge is 0.00461 e. The highest BCUT2D eigenvalue weighted by molar-refractivity contribution is 4.26. The molecule has 4 nitrogen and oxygen atoms in total. The summed E-state index contributed by atoms with van der Waals surface area (Å²) in [5.41, 5.74) is 14.3. The van der Waals surface area contributed by atoms with E-state index in [1.165, 1.54) is 0 Å². The third-order valence-corrected chi connectivity index (χ3v) is 0.167. The van der Waals surface area contributed by atoms with E-state index >= 15 is 0 Å². The molecule has 7 heavy (non-hydrogen) atoms. The van der Waals surface area contributed by atoms with Crippen LogP contribution in [0.1, 0.15) is 1.43 Å². The molecule has 0 spiro atoms. The number of rotatable bonds is 1. The van der Waals surface area contributed by atoms with Crippen LogP contribution in [0.15, 0.2) is 0 Å². The monoisotopic (exact) mass is 115 g/mol. The van der Waals surface area contributed by atoms with Crippen LogP contribution in [0.3, 0.4) is 0 Å². The van der Waals surface area contributed by atoms with Crippen LogP contribution in [0.4, 0.5) is 4.70 Å². The zero-order valence-electron chi connectivity index (χ0n) is 3.89. The predicted molar refractivity (Wildman–Crippen MR) is 28.8 cm³/mol. The second-order valence-electron chi connectivity index (χ2n) is 0.577. The molecule has 48 valence electrons. The standard InChI is InChI=1S/C2H8N2.FH.HNO.H2/c3-1-2-4;;1-2;/h1-4H2;1H;1H;1H/i;;;1+2. The Morgan fingerprint density at radius 2 is 1.43 bits per heavy atom. The highest BCUT2D eigenvalue weighted by Crippen LogP contribution is 1.24. The Balaban J connectivity index is -0.0000000183. The maximum atomic E-state index is 7.50. The Bertz CT molecular complexity index is 24.8. The van der Waals surface area contributed by atoms with Crippen molar-refractivity contribution in [3.8, 4) is 0 Å². The topological polar surface area (TPSA) is 93.0 Å². The lowest BCUT2D eigenvalue weighted by Gasteiger charge is -1.72. The van der Waals surface area contributed by atoms with Crippen molar-refractivity contribution in [2.24, 2.45) is 11.5 Å². The van der Waals surface area contributed by atoms with E-state index in [1.54, 1.807) is 0 Å². The quantitative estimate of drug-likeness (QED) is 0.407. The largest absolute Gasteiger partial charge is 0.329 e. The lowest BCUT2D eigenvalue weighted by Crippen LogP contribution is -2.11. The predicted octanol–water partition coefficient (Wildman–Crippen LogP) is -0.366. The summed E-state index contributed by atoms with van der Waals surface area (Å²) in [7, 11) is 0. The molecule has 5 heteroatoms. The number of nitrogens with one attached hydrogen (secondary N) is 1. The molecule has 0 aliphatic rings. The Hall–Kier alpha value is -0.550. The van der Waals surface area contributed by atoms with Crippen molar-refractivity contribution in [1.29, 1.82) is 5.59 Å². The van der Waals surface area contributed by atoms with Gasteiger partial charge in [0.25, 0.3) is 0 Å². The zero-order chi connectivity index (χ0) is 5.41. The van der Waals surface area contributed by atoms with Gasteiger partial charge < -0.3 is 11.5 Å². The first-order chi connectivity index (χ1) is 2.91. The van der Waals surface area contributed by atoms with Gasteiger partial charge in [-0.15, -0.1) is 0 Å². The fraction of sp³-hybridized carbons (Fsp3) is 1.00. The normalized spacial score (nSPS) is 4.86. The van der Waals surface area contributed by atoms with Crippen molar-refractivity contribution in [2.75, 3.05) is 13.1 Å². The molecule has 0 saturated carbocycles. The Kier molecular flexibility index (Phi) is 118. The van der Waals surface area contributed by atoms with E-state index in [0.29, 0.717) is 13.1 Å². The van der Waals surface area contributed by atoms with E-state index < -0.39 is 0 Å². The molecule has 0 heterocycles. The summed E-state index contributed by atoms with van der Waals surface area (Å²) in [6.07, 6.45) is 0. The molecular formula is C2H12FN3O. The molecule has 0 unspecified atom stereocenters. The molecule has 0 rings (SSSR count). The average molecular weight is 115 g/mol. The molecule has 0 amide bonds. The van der Waals surface area contributed by atoms with Gasteiger partial charge >= 0.3 is 0 Å². The van der Waals surface area contributed by atoms with Crippen LogP contribution < -0.4 is 11.5 Å². The molecule has 0 atom stereocenters. The van der Waals surface area contributed by atoms with E-state index in [2.05, 4.69) is 5.59 Å². The lowest BCUT2D eigenvalue weighted by atomic mass is 10.7. The average Bonchev–Trinajstić information content (AvgIpc) is 1.72. The third kappa shape index (κ3) is 320. The van der Waals surface area contributed by atoms with Crippen LogP contribution in [-0.4, -0.2) is 13.1 Å². The number of nitrogens with two attached hydrogens (primary N) is 2. The number of hydrogen-bond acceptors (Lipinski definition) is 4. The molecule has 5 N–H and O–H groups in total. The summed E-state index contributed by atoms with van der Waals surface area (Å²) in [5, 5.41) is 0. The van der Waals surface area contributed by atoms with E-state index in [9.17, 15) is 0 Å². The van der Waals surface area contributed by atoms with Crippen LogP contribution in [-0.2, 0) is 0 Å². The van der Waals surface area contributed by atoms with Gasteiger partial charge in [-0.1, -0.05) is 5.59 Å². The van der Waals surface area contributed by atoms with Gasteiger partial charge in [-0.2, -0.15) is 4.91 Å². The van der Waals surface area contributed by atoms with Crippen molar-refractivity contribution in [2.45, 2.75) is 0 Å². The molecular weight excluding hydrogens is 101 g/mol. The van der Waals surface area contributed by atoms with Gasteiger partial charge in [0, 0.05) is 14.5 Å². The summed E-state index contributed by atoms with van der Waals surface area (Å²) in [6.45, 7) is 1.19. The fourth-order valence-corrected chi connectivity index (χ4v) is 0. The maximum absolute atomic E-state index is 7.50. The maximum Gasteiger partial charge on any atom is 0.00461 e. The second kappa shape index (κ2) is 51.3. The van der Waals surface area contributed by atoms with Gasteiger partial charge in [-0.3, -0.25) is 4.70 Å². The first-order valence-electron chi connectivity index (χ1n) is 1.52. The van der Waals surface area contributed by atoms with Crippen molar-refractivity contribution in [3.05, 3.63) is 4.91 Å². The van der Waals surface area contributed by atoms with Crippen LogP contribution in [0.2, 0.25) is 0 Å². The molecule has 0 aliphatic carbocycles. The van der Waals surface area contributed by atoms with Gasteiger partial charge in [-0.05, 0) is 0 Å². The lowest BCUT2D eigenvalue weighted by molar-refractivity contribution is 0.976. The third-order valence-electron chi connectivity index (χ3n) is 0.167. The van der Waals surface area contributed by atoms with Crippen LogP contribution in [0.5, 0.6) is 0 Å². The second-order valence-corrected chi connectivity index (χ2v) is 0.577. The van der Waals surface area contributed by atoms with E-state index in [0.717, 1.165) is 0 Å². The van der Waals surface area contributed by atoms with Crippen LogP contribution >= 0.6 is 0 Å². The number of halogens is 1. The molecule has 0 saturated heterocycles. The van der Waals surface area contributed by atoms with Crippen molar-refractivity contribution < 1.29 is 6.13 Å². The molecule has 0 aromatic carbocycles. The van der Waals surface area contributed by atoms with Gasteiger partial charge in [0.2, 0.25) is 0 Å². The van der Waals surface area contributed by atoms with E-state index in [1.807, 2.05) is 0 Å². The summed E-state index contributed by atoms with van der Waals surface area (Å²) in [4.78, 5) is 7.50. The molecule has 0 aromatic heterocycles. The minimum Gasteiger partial charge on any atom is -0.329 e. The van der Waals surface area contributed by atoms with Gasteiger partial charge in [-0.25, -0.2) is 0 Å². The van der Waals surface area contributed by atoms with Crippen molar-refractivity contribution >= 4 is 0 Å². The number of hydrogen-bond donors (Lipinski definition) is 3. The fourth-order valence-electron chi connectivity index (χ4n) is 0. The molecule has 0 aliphatic heterocycles. The van der Waals surface area contributed by atoms with Gasteiger partial charge in [0.1, 0.15) is 0 Å². The minimum atomic E-state index is 0. The first kappa shape index (κ1) is 16.1. The van der Waals surface area contributed by atoms with Gasteiger partial charge in [0.05, 0.1) is 0 Å². The first-order valence-corrected chi connectivity index (χ1v) is 1.52. The van der Waals surface area contributed by atoms with Gasteiger partial charge in [0.15, 0.2) is 0 Å². The molecule has 0 radical (unpaired) electrons. The summed E-state index contributed by atoms with van der Waals surface area (Å²) < 4.78 is 0. The highest BCUT2D eigenvalue weighted by atomic mass is 19.0. The molecule has 0 fully saturated rings. The SMILES string of the molecule is F.N=O.NCCN.[3HH]. The summed E-state index contributed by atoms with van der Waals surface area (Å²) >= 11 is 0. The number of nitroso groups, excluding NO2 is 1. The molecule has 0 aromatic rings. The van der Waals surface area contributed by atoms with E-state index in [4.69, 9.17) is 16.4 Å². The van der Waals surface area contributed by atoms with Crippen LogP contribution in [0.25, 0.3) is 0 Å². The minimum absolute atomic E-state index is 0.